The number of hydrogen-bond acceptors (Lipinski definition) is 5. The lowest BCUT2D eigenvalue weighted by Crippen LogP contribution is -2.48. The lowest BCUT2D eigenvalue weighted by molar-refractivity contribution is 0.0182. The molecule has 2 N–H and O–H groups in total. The molecule has 1 aliphatic carbocycles. The largest absolute Gasteiger partial charge is 0.375 e. The molecular formula is C11H17F2N3O2. The maximum absolute atomic E-state index is 11.8. The summed E-state index contributed by atoms with van der Waals surface area (Å²) in [5.41, 5.74) is 5.86. The first-order valence-corrected chi connectivity index (χ1v) is 6.04. The predicted octanol–water partition coefficient (Wildman–Crippen LogP) is 1.32. The molecule has 5 nitrogen and oxygen atoms in total. The topological polar surface area (TPSA) is 74.2 Å². The summed E-state index contributed by atoms with van der Waals surface area (Å²) in [5.74, 6) is 0.989. The zero-order valence-corrected chi connectivity index (χ0v) is 10.1. The molecule has 0 aromatic carbocycles. The molecule has 1 aromatic heterocycles. The van der Waals surface area contributed by atoms with E-state index in [0.29, 0.717) is 24.6 Å². The van der Waals surface area contributed by atoms with E-state index in [0.717, 1.165) is 19.3 Å². The van der Waals surface area contributed by atoms with E-state index < -0.39 is 13.0 Å². The summed E-state index contributed by atoms with van der Waals surface area (Å²) in [6.45, 7) is -0.395. The van der Waals surface area contributed by atoms with Crippen LogP contribution in [0, 0.1) is 0 Å². The first-order chi connectivity index (χ1) is 8.57. The number of hydrogen-bond donors (Lipinski definition) is 1. The van der Waals surface area contributed by atoms with Crippen LogP contribution in [-0.2, 0) is 17.6 Å². The molecule has 0 radical (unpaired) electrons. The van der Waals surface area contributed by atoms with Gasteiger partial charge in [-0.2, -0.15) is 4.98 Å². The second-order valence-electron chi connectivity index (χ2n) is 4.71. The fourth-order valence-electron chi connectivity index (χ4n) is 1.91. The molecule has 0 bridgehead atoms. The highest BCUT2D eigenvalue weighted by atomic mass is 19.3. The van der Waals surface area contributed by atoms with Crippen molar-refractivity contribution in [2.24, 2.45) is 5.73 Å². The number of ether oxygens (including phenoxy) is 1. The molecule has 0 atom stereocenters. The van der Waals surface area contributed by atoms with Gasteiger partial charge in [-0.3, -0.25) is 0 Å². The first-order valence-electron chi connectivity index (χ1n) is 6.04. The second-order valence-corrected chi connectivity index (χ2v) is 4.71. The molecule has 0 amide bonds. The summed E-state index contributed by atoms with van der Waals surface area (Å²) in [6, 6.07) is 0. The third-order valence-corrected chi connectivity index (χ3v) is 3.08. The van der Waals surface area contributed by atoms with E-state index >= 15 is 0 Å². The number of nitrogens with two attached hydrogens (primary N) is 1. The number of aromatic nitrogens is 2. The van der Waals surface area contributed by atoms with Gasteiger partial charge in [0.15, 0.2) is 5.82 Å². The number of rotatable bonds is 7. The minimum atomic E-state index is -2.44. The van der Waals surface area contributed by atoms with Crippen molar-refractivity contribution in [3.63, 3.8) is 0 Å². The van der Waals surface area contributed by atoms with E-state index in [2.05, 4.69) is 10.1 Å². The van der Waals surface area contributed by atoms with Gasteiger partial charge in [-0.15, -0.1) is 0 Å². The fraction of sp³-hybridized carbons (Fsp3) is 0.818. The number of halogens is 2. The van der Waals surface area contributed by atoms with Crippen molar-refractivity contribution in [1.29, 1.82) is 0 Å². The van der Waals surface area contributed by atoms with E-state index in [1.165, 1.54) is 0 Å². The van der Waals surface area contributed by atoms with Crippen molar-refractivity contribution in [2.45, 2.75) is 44.1 Å². The Bertz CT molecular complexity index is 380. The van der Waals surface area contributed by atoms with Crippen LogP contribution in [-0.4, -0.2) is 35.3 Å². The normalized spacial score (nSPS) is 18.0. The van der Waals surface area contributed by atoms with Gasteiger partial charge in [0.05, 0.1) is 6.61 Å². The Morgan fingerprint density at radius 3 is 2.83 bits per heavy atom. The third-order valence-electron chi connectivity index (χ3n) is 3.08. The van der Waals surface area contributed by atoms with E-state index in [4.69, 9.17) is 15.0 Å². The first kappa shape index (κ1) is 13.4. The van der Waals surface area contributed by atoms with Gasteiger partial charge in [0.1, 0.15) is 6.61 Å². The quantitative estimate of drug-likeness (QED) is 0.749. The van der Waals surface area contributed by atoms with Gasteiger partial charge >= 0.3 is 0 Å². The van der Waals surface area contributed by atoms with Crippen LogP contribution in [0.5, 0.6) is 0 Å². The molecule has 102 valence electrons. The Kier molecular flexibility index (Phi) is 4.23. The van der Waals surface area contributed by atoms with Gasteiger partial charge in [0.25, 0.3) is 6.43 Å². The molecule has 2 rings (SSSR count). The molecule has 0 spiro atoms. The second kappa shape index (κ2) is 5.71. The molecule has 0 aliphatic heterocycles. The highest BCUT2D eigenvalue weighted by molar-refractivity contribution is 5.00. The van der Waals surface area contributed by atoms with Gasteiger partial charge in [0.2, 0.25) is 5.89 Å². The molecule has 0 unspecified atom stereocenters. The van der Waals surface area contributed by atoms with Crippen molar-refractivity contribution in [2.75, 3.05) is 13.2 Å². The highest BCUT2D eigenvalue weighted by Crippen LogP contribution is 2.31. The highest BCUT2D eigenvalue weighted by Gasteiger charge is 2.34. The fourth-order valence-corrected chi connectivity index (χ4v) is 1.91. The van der Waals surface area contributed by atoms with E-state index in [9.17, 15) is 8.78 Å². The third kappa shape index (κ3) is 3.71. The Hall–Kier alpha value is -1.08. The smallest absolute Gasteiger partial charge is 0.261 e. The van der Waals surface area contributed by atoms with E-state index in [1.807, 2.05) is 0 Å². The van der Waals surface area contributed by atoms with Crippen LogP contribution in [0.15, 0.2) is 4.52 Å². The number of nitrogens with zero attached hydrogens (tertiary/aromatic N) is 2. The lowest BCUT2D eigenvalue weighted by Gasteiger charge is -2.36. The molecular weight excluding hydrogens is 244 g/mol. The minimum absolute atomic E-state index is 0.164. The van der Waals surface area contributed by atoms with Crippen LogP contribution in [0.25, 0.3) is 0 Å². The van der Waals surface area contributed by atoms with Gasteiger partial charge in [0, 0.05) is 18.4 Å². The van der Waals surface area contributed by atoms with Gasteiger partial charge < -0.3 is 15.0 Å². The van der Waals surface area contributed by atoms with Crippen molar-refractivity contribution in [3.8, 4) is 0 Å². The van der Waals surface area contributed by atoms with E-state index in [-0.39, 0.29) is 12.1 Å². The summed E-state index contributed by atoms with van der Waals surface area (Å²) in [5, 5.41) is 3.77. The van der Waals surface area contributed by atoms with E-state index in [1.54, 1.807) is 0 Å². The van der Waals surface area contributed by atoms with Gasteiger partial charge in [-0.25, -0.2) is 8.78 Å². The van der Waals surface area contributed by atoms with Crippen LogP contribution in [0.3, 0.4) is 0 Å². The van der Waals surface area contributed by atoms with Crippen LogP contribution in [0.4, 0.5) is 8.78 Å². The van der Waals surface area contributed by atoms with Gasteiger partial charge in [-0.05, 0) is 19.3 Å². The predicted molar refractivity (Wildman–Crippen MR) is 59.3 cm³/mol. The maximum atomic E-state index is 11.8. The van der Waals surface area contributed by atoms with Crippen molar-refractivity contribution in [1.82, 2.24) is 10.1 Å². The number of alkyl halides is 2. The Labute approximate surface area is 104 Å². The maximum Gasteiger partial charge on any atom is 0.261 e. The molecule has 1 fully saturated rings. The Morgan fingerprint density at radius 2 is 2.22 bits per heavy atom. The van der Waals surface area contributed by atoms with Gasteiger partial charge in [-0.1, -0.05) is 5.16 Å². The SMILES string of the molecule is NC1(Cc2nc(CCOCC(F)F)no2)CCC1. The van der Waals surface area contributed by atoms with Crippen molar-refractivity contribution in [3.05, 3.63) is 11.7 Å². The molecule has 1 saturated carbocycles. The average Bonchev–Trinajstić information content (AvgIpc) is 2.70. The summed E-state index contributed by atoms with van der Waals surface area (Å²) in [4.78, 5) is 4.17. The summed E-state index contributed by atoms with van der Waals surface area (Å²) >= 11 is 0. The van der Waals surface area contributed by atoms with Crippen LogP contribution >= 0.6 is 0 Å². The summed E-state index contributed by atoms with van der Waals surface area (Å²) in [6.07, 6.45) is 1.59. The van der Waals surface area contributed by atoms with Crippen molar-refractivity contribution >= 4 is 0 Å². The Morgan fingerprint density at radius 1 is 1.44 bits per heavy atom. The van der Waals surface area contributed by atoms with Crippen LogP contribution < -0.4 is 5.73 Å². The average molecular weight is 261 g/mol. The van der Waals surface area contributed by atoms with Crippen molar-refractivity contribution < 1.29 is 18.0 Å². The molecule has 1 aliphatic rings. The lowest BCUT2D eigenvalue weighted by atomic mass is 9.75. The van der Waals surface area contributed by atoms with Crippen LogP contribution in [0.2, 0.25) is 0 Å². The molecule has 18 heavy (non-hydrogen) atoms. The summed E-state index contributed by atoms with van der Waals surface area (Å²) in [7, 11) is 0. The molecule has 1 heterocycles. The zero-order valence-electron chi connectivity index (χ0n) is 10.1. The zero-order chi connectivity index (χ0) is 13.0. The molecule has 1 aromatic rings. The monoisotopic (exact) mass is 261 g/mol. The minimum Gasteiger partial charge on any atom is -0.375 e. The Balaban J connectivity index is 1.72. The standard InChI is InChI=1S/C11H17F2N3O2/c12-8(13)7-17-5-2-9-15-10(18-16-9)6-11(14)3-1-4-11/h8H,1-7,14H2. The van der Waals surface area contributed by atoms with Crippen LogP contribution in [0.1, 0.15) is 31.0 Å². The molecule has 7 heteroatoms. The molecule has 0 saturated heterocycles. The summed E-state index contributed by atoms with van der Waals surface area (Å²) < 4.78 is 33.4.